The van der Waals surface area contributed by atoms with E-state index in [-0.39, 0.29) is 6.10 Å². The molecule has 20 heavy (non-hydrogen) atoms. The number of ether oxygens (including phenoxy) is 3. The Morgan fingerprint density at radius 2 is 1.80 bits per heavy atom. The molecule has 0 spiro atoms. The minimum Gasteiger partial charge on any atom is -0.490 e. The average molecular weight is 279 g/mol. The maximum absolute atomic E-state index is 6.13. The van der Waals surface area contributed by atoms with Crippen molar-refractivity contribution in [1.29, 1.82) is 0 Å². The summed E-state index contributed by atoms with van der Waals surface area (Å²) < 4.78 is 17.0. The quantitative estimate of drug-likeness (QED) is 0.829. The smallest absolute Gasteiger partial charge is 0.231 e. The first-order chi connectivity index (χ1) is 9.63. The zero-order chi connectivity index (χ0) is 14.5. The highest BCUT2D eigenvalue weighted by Gasteiger charge is 2.19. The third-order valence-electron chi connectivity index (χ3n) is 3.46. The third kappa shape index (κ3) is 3.57. The number of nitrogens with one attached hydrogen (secondary N) is 1. The van der Waals surface area contributed by atoms with E-state index in [2.05, 4.69) is 33.0 Å². The molecule has 0 bridgehead atoms. The molecule has 2 rings (SSSR count). The zero-order valence-corrected chi connectivity index (χ0v) is 12.9. The van der Waals surface area contributed by atoms with Gasteiger partial charge >= 0.3 is 0 Å². The molecule has 0 aromatic heterocycles. The summed E-state index contributed by atoms with van der Waals surface area (Å²) in [5.41, 5.74) is 1.12. The Bertz CT molecular complexity index is 442. The lowest BCUT2D eigenvalue weighted by atomic mass is 10.1. The number of hydrogen-bond donors (Lipinski definition) is 1. The second kappa shape index (κ2) is 6.84. The van der Waals surface area contributed by atoms with Gasteiger partial charge in [-0.2, -0.15) is 0 Å². The largest absolute Gasteiger partial charge is 0.490 e. The average Bonchev–Trinajstić information content (AvgIpc) is 2.88. The fourth-order valence-corrected chi connectivity index (χ4v) is 2.16. The van der Waals surface area contributed by atoms with Gasteiger partial charge in [-0.3, -0.25) is 0 Å². The van der Waals surface area contributed by atoms with E-state index in [0.29, 0.717) is 12.8 Å². The van der Waals surface area contributed by atoms with Crippen molar-refractivity contribution < 1.29 is 14.2 Å². The van der Waals surface area contributed by atoms with Crippen LogP contribution in [0, 0.1) is 0 Å². The standard InChI is InChI=1S/C16H25NO3/c1-5-13(6-2)20-14-8-16-15(18-10-19-16)7-12(14)9-17-11(3)4/h7-8,11,13,17H,5-6,9-10H2,1-4H3. The minimum absolute atomic E-state index is 0.244. The fraction of sp³-hybridized carbons (Fsp3) is 0.625. The first-order valence-electron chi connectivity index (χ1n) is 7.46. The predicted molar refractivity (Wildman–Crippen MR) is 79.5 cm³/mol. The lowest BCUT2D eigenvalue weighted by Gasteiger charge is -2.19. The molecular formula is C16H25NO3. The second-order valence-corrected chi connectivity index (χ2v) is 5.41. The van der Waals surface area contributed by atoms with E-state index in [9.17, 15) is 0 Å². The van der Waals surface area contributed by atoms with Crippen molar-refractivity contribution in [2.45, 2.75) is 59.2 Å². The SMILES string of the molecule is CCC(CC)Oc1cc2c(cc1CNC(C)C)OCO2. The Morgan fingerprint density at radius 1 is 1.15 bits per heavy atom. The van der Waals surface area contributed by atoms with Crippen molar-refractivity contribution in [2.75, 3.05) is 6.79 Å². The van der Waals surface area contributed by atoms with E-state index in [1.807, 2.05) is 12.1 Å². The summed E-state index contributed by atoms with van der Waals surface area (Å²) in [5.74, 6) is 2.48. The molecule has 1 aliphatic rings. The topological polar surface area (TPSA) is 39.7 Å². The van der Waals surface area contributed by atoms with Crippen LogP contribution in [0.2, 0.25) is 0 Å². The van der Waals surface area contributed by atoms with Crippen LogP contribution in [0.15, 0.2) is 12.1 Å². The van der Waals surface area contributed by atoms with E-state index in [4.69, 9.17) is 14.2 Å². The van der Waals surface area contributed by atoms with E-state index < -0.39 is 0 Å². The van der Waals surface area contributed by atoms with Gasteiger partial charge in [0.05, 0.1) is 6.10 Å². The monoisotopic (exact) mass is 279 g/mol. The molecule has 1 aromatic rings. The van der Waals surface area contributed by atoms with E-state index >= 15 is 0 Å². The van der Waals surface area contributed by atoms with Crippen molar-refractivity contribution in [3.05, 3.63) is 17.7 Å². The van der Waals surface area contributed by atoms with Gasteiger partial charge in [-0.25, -0.2) is 0 Å². The van der Waals surface area contributed by atoms with Gasteiger partial charge in [-0.05, 0) is 18.9 Å². The van der Waals surface area contributed by atoms with Crippen molar-refractivity contribution in [3.8, 4) is 17.2 Å². The molecule has 0 amide bonds. The molecule has 0 atom stereocenters. The van der Waals surface area contributed by atoms with Gasteiger partial charge in [0, 0.05) is 24.2 Å². The van der Waals surface area contributed by atoms with Crippen molar-refractivity contribution in [3.63, 3.8) is 0 Å². The Kier molecular flexibility index (Phi) is 5.12. The summed E-state index contributed by atoms with van der Waals surface area (Å²) in [5, 5.41) is 3.43. The van der Waals surface area contributed by atoms with Gasteiger partial charge in [-0.1, -0.05) is 27.7 Å². The summed E-state index contributed by atoms with van der Waals surface area (Å²) in [7, 11) is 0. The predicted octanol–water partition coefficient (Wildman–Crippen LogP) is 3.48. The number of hydrogen-bond acceptors (Lipinski definition) is 4. The third-order valence-corrected chi connectivity index (χ3v) is 3.46. The molecule has 1 heterocycles. The van der Waals surface area contributed by atoms with Crippen LogP contribution in [0.3, 0.4) is 0 Å². The first kappa shape index (κ1) is 15.0. The molecule has 1 N–H and O–H groups in total. The first-order valence-corrected chi connectivity index (χ1v) is 7.46. The molecule has 0 unspecified atom stereocenters. The van der Waals surface area contributed by atoms with Gasteiger partial charge in [-0.15, -0.1) is 0 Å². The fourth-order valence-electron chi connectivity index (χ4n) is 2.16. The Balaban J connectivity index is 2.22. The number of fused-ring (bicyclic) bond motifs is 1. The summed E-state index contributed by atoms with van der Waals surface area (Å²) in [6.07, 6.45) is 2.25. The minimum atomic E-state index is 0.244. The normalized spacial score (nSPS) is 13.3. The molecule has 1 aliphatic heterocycles. The van der Waals surface area contributed by atoms with Crippen LogP contribution in [-0.4, -0.2) is 18.9 Å². The lowest BCUT2D eigenvalue weighted by molar-refractivity contribution is 0.173. The molecule has 4 nitrogen and oxygen atoms in total. The summed E-state index contributed by atoms with van der Waals surface area (Å²) in [4.78, 5) is 0. The molecule has 0 aliphatic carbocycles. The maximum Gasteiger partial charge on any atom is 0.231 e. The summed E-state index contributed by atoms with van der Waals surface area (Å²) in [6, 6.07) is 4.41. The Hall–Kier alpha value is -1.42. The molecule has 0 fully saturated rings. The maximum atomic E-state index is 6.13. The van der Waals surface area contributed by atoms with Crippen molar-refractivity contribution in [2.24, 2.45) is 0 Å². The number of benzene rings is 1. The molecule has 0 saturated carbocycles. The van der Waals surface area contributed by atoms with Crippen molar-refractivity contribution >= 4 is 0 Å². The zero-order valence-electron chi connectivity index (χ0n) is 12.9. The van der Waals surface area contributed by atoms with Crippen LogP contribution >= 0.6 is 0 Å². The van der Waals surface area contributed by atoms with E-state index in [0.717, 1.165) is 42.2 Å². The van der Waals surface area contributed by atoms with Crippen LogP contribution in [0.1, 0.15) is 46.1 Å². The van der Waals surface area contributed by atoms with Crippen molar-refractivity contribution in [1.82, 2.24) is 5.32 Å². The lowest BCUT2D eigenvalue weighted by Crippen LogP contribution is -2.23. The molecule has 112 valence electrons. The van der Waals surface area contributed by atoms with Gasteiger partial charge in [0.2, 0.25) is 6.79 Å². The molecule has 4 heteroatoms. The van der Waals surface area contributed by atoms with Gasteiger partial charge in [0.1, 0.15) is 5.75 Å². The van der Waals surface area contributed by atoms with Gasteiger partial charge in [0.15, 0.2) is 11.5 Å². The highest BCUT2D eigenvalue weighted by atomic mass is 16.7. The van der Waals surface area contributed by atoms with Crippen LogP contribution in [0.4, 0.5) is 0 Å². The molecule has 0 radical (unpaired) electrons. The second-order valence-electron chi connectivity index (χ2n) is 5.41. The number of rotatable bonds is 7. The van der Waals surface area contributed by atoms with Crippen LogP contribution < -0.4 is 19.5 Å². The molecular weight excluding hydrogens is 254 g/mol. The Morgan fingerprint density at radius 3 is 2.40 bits per heavy atom. The van der Waals surface area contributed by atoms with E-state index in [1.165, 1.54) is 0 Å². The molecule has 0 saturated heterocycles. The van der Waals surface area contributed by atoms with Crippen LogP contribution in [0.25, 0.3) is 0 Å². The van der Waals surface area contributed by atoms with Gasteiger partial charge in [0.25, 0.3) is 0 Å². The highest BCUT2D eigenvalue weighted by molar-refractivity contribution is 5.51. The highest BCUT2D eigenvalue weighted by Crippen LogP contribution is 2.38. The van der Waals surface area contributed by atoms with Gasteiger partial charge < -0.3 is 19.5 Å². The molecule has 1 aromatic carbocycles. The summed E-state index contributed by atoms with van der Waals surface area (Å²) >= 11 is 0. The summed E-state index contributed by atoms with van der Waals surface area (Å²) in [6.45, 7) is 9.62. The van der Waals surface area contributed by atoms with Crippen LogP contribution in [0.5, 0.6) is 17.2 Å². The van der Waals surface area contributed by atoms with E-state index in [1.54, 1.807) is 0 Å². The van der Waals surface area contributed by atoms with Crippen LogP contribution in [-0.2, 0) is 6.54 Å². The Labute approximate surface area is 121 Å².